The van der Waals surface area contributed by atoms with E-state index in [1.165, 1.54) is 0 Å². The molecule has 0 unspecified atom stereocenters. The number of benzene rings is 1. The van der Waals surface area contributed by atoms with Crippen molar-refractivity contribution in [2.24, 2.45) is 5.92 Å². The van der Waals surface area contributed by atoms with E-state index in [2.05, 4.69) is 62.1 Å². The lowest BCUT2D eigenvalue weighted by atomic mass is 9.71. The Morgan fingerprint density at radius 1 is 0.882 bits per heavy atom. The zero-order chi connectivity index (χ0) is 24.8. The molecule has 1 aromatic heterocycles. The lowest BCUT2D eigenvalue weighted by Crippen LogP contribution is -2.62. The van der Waals surface area contributed by atoms with Gasteiger partial charge in [-0.2, -0.15) is 15.0 Å². The number of hydrogen-bond acceptors (Lipinski definition) is 7. The fourth-order valence-corrected chi connectivity index (χ4v) is 5.22. The monoisotopic (exact) mass is 466 g/mol. The Hall–Kier alpha value is -2.70. The number of nitrogens with zero attached hydrogens (tertiary/aromatic N) is 4. The van der Waals surface area contributed by atoms with E-state index in [4.69, 9.17) is 9.97 Å². The van der Waals surface area contributed by atoms with Crippen molar-refractivity contribution in [3.05, 3.63) is 35.9 Å². The molecule has 2 N–H and O–H groups in total. The maximum atomic E-state index is 13.3. The molecule has 0 aliphatic carbocycles. The number of nitrogens with one attached hydrogen (secondary N) is 2. The van der Waals surface area contributed by atoms with Crippen molar-refractivity contribution in [3.63, 3.8) is 0 Å². The summed E-state index contributed by atoms with van der Waals surface area (Å²) in [7, 11) is 0. The predicted octanol–water partition coefficient (Wildman–Crippen LogP) is 5.95. The fraction of sp³-hybridized carbons (Fsp3) is 0.630. The Kier molecular flexibility index (Phi) is 8.50. The fourth-order valence-electron chi connectivity index (χ4n) is 5.22. The van der Waals surface area contributed by atoms with E-state index in [-0.39, 0.29) is 22.8 Å². The van der Waals surface area contributed by atoms with E-state index in [0.29, 0.717) is 17.8 Å². The van der Waals surface area contributed by atoms with Crippen LogP contribution in [-0.2, 0) is 0 Å². The van der Waals surface area contributed by atoms with Gasteiger partial charge in [0.1, 0.15) is 0 Å². The largest absolute Gasteiger partial charge is 0.354 e. The molecule has 0 bridgehead atoms. The summed E-state index contributed by atoms with van der Waals surface area (Å²) in [6.07, 6.45) is 5.82. The van der Waals surface area contributed by atoms with Crippen molar-refractivity contribution in [2.75, 3.05) is 28.6 Å². The first-order chi connectivity index (χ1) is 16.2. The van der Waals surface area contributed by atoms with Gasteiger partial charge in [-0.25, -0.2) is 0 Å². The summed E-state index contributed by atoms with van der Waals surface area (Å²) < 4.78 is 0. The SMILES string of the molecule is CCCCNc1nc(NCCCC)nc(N2C(C)(C)CC(C(=O)c3ccccc3)CC2(C)C)n1. The van der Waals surface area contributed by atoms with Crippen molar-refractivity contribution in [1.82, 2.24) is 15.0 Å². The summed E-state index contributed by atoms with van der Waals surface area (Å²) in [5.41, 5.74) is 0.177. The summed E-state index contributed by atoms with van der Waals surface area (Å²) in [5.74, 6) is 2.04. The quantitative estimate of drug-likeness (QED) is 0.313. The molecule has 1 aliphatic rings. The van der Waals surface area contributed by atoms with Crippen molar-refractivity contribution in [1.29, 1.82) is 0 Å². The average Bonchev–Trinajstić information content (AvgIpc) is 2.78. The lowest BCUT2D eigenvalue weighted by molar-refractivity contribution is 0.0804. The standard InChI is InChI=1S/C27H42N6O/c1-7-9-16-28-23-30-24(29-17-10-8-2)32-25(31-23)33-26(3,4)18-21(19-27(33,5)6)22(34)20-14-12-11-13-15-20/h11-15,21H,7-10,16-19H2,1-6H3,(H2,28,29,30,31,32). The van der Waals surface area contributed by atoms with E-state index in [1.54, 1.807) is 0 Å². The highest BCUT2D eigenvalue weighted by molar-refractivity contribution is 5.98. The first-order valence-corrected chi connectivity index (χ1v) is 12.8. The van der Waals surface area contributed by atoms with Crippen molar-refractivity contribution in [2.45, 2.75) is 91.1 Å². The Morgan fingerprint density at radius 2 is 1.38 bits per heavy atom. The van der Waals surface area contributed by atoms with Crippen LogP contribution >= 0.6 is 0 Å². The second kappa shape index (κ2) is 11.2. The molecule has 2 heterocycles. The molecule has 0 amide bonds. The highest BCUT2D eigenvalue weighted by atomic mass is 16.1. The molecule has 0 spiro atoms. The summed E-state index contributed by atoms with van der Waals surface area (Å²) in [6, 6.07) is 9.66. The van der Waals surface area contributed by atoms with Gasteiger partial charge in [0.05, 0.1) is 0 Å². The molecule has 1 fully saturated rings. The third-order valence-corrected chi connectivity index (χ3v) is 6.58. The zero-order valence-electron chi connectivity index (χ0n) is 21.8. The van der Waals surface area contributed by atoms with Gasteiger partial charge in [0.2, 0.25) is 17.8 Å². The van der Waals surface area contributed by atoms with Gasteiger partial charge >= 0.3 is 0 Å². The molecule has 0 radical (unpaired) electrons. The van der Waals surface area contributed by atoms with Crippen LogP contribution in [0, 0.1) is 5.92 Å². The molecule has 0 atom stereocenters. The highest BCUT2D eigenvalue weighted by Crippen LogP contribution is 2.44. The number of Topliss-reactive ketones (excluding diaryl/α,β-unsaturated/α-hetero) is 1. The Morgan fingerprint density at radius 3 is 1.85 bits per heavy atom. The summed E-state index contributed by atoms with van der Waals surface area (Å²) in [4.78, 5) is 30.0. The second-order valence-corrected chi connectivity index (χ2v) is 10.6. The molecule has 7 nitrogen and oxygen atoms in total. The van der Waals surface area contributed by atoms with Crippen molar-refractivity contribution >= 4 is 23.6 Å². The minimum Gasteiger partial charge on any atom is -0.354 e. The van der Waals surface area contributed by atoms with Crippen LogP contribution < -0.4 is 15.5 Å². The van der Waals surface area contributed by atoms with Gasteiger partial charge < -0.3 is 15.5 Å². The minimum atomic E-state index is -0.306. The van der Waals surface area contributed by atoms with Crippen LogP contribution in [0.15, 0.2) is 30.3 Å². The molecule has 1 aliphatic heterocycles. The number of hydrogen-bond donors (Lipinski definition) is 2. The number of piperidine rings is 1. The number of aromatic nitrogens is 3. The van der Waals surface area contributed by atoms with Crippen LogP contribution in [0.4, 0.5) is 17.8 Å². The van der Waals surface area contributed by atoms with Gasteiger partial charge in [-0.05, 0) is 53.4 Å². The molecular formula is C27H42N6O. The molecule has 1 aromatic carbocycles. The van der Waals surface area contributed by atoms with Gasteiger partial charge in [-0.1, -0.05) is 57.0 Å². The highest BCUT2D eigenvalue weighted by Gasteiger charge is 2.48. The Bertz CT molecular complexity index is 897. The molecule has 2 aromatic rings. The van der Waals surface area contributed by atoms with Crippen LogP contribution in [0.1, 0.15) is 90.4 Å². The third-order valence-electron chi connectivity index (χ3n) is 6.58. The molecule has 3 rings (SSSR count). The van der Waals surface area contributed by atoms with Gasteiger partial charge in [0, 0.05) is 35.6 Å². The first-order valence-electron chi connectivity index (χ1n) is 12.8. The number of carbonyl (C=O) groups is 1. The topological polar surface area (TPSA) is 83.0 Å². The average molecular weight is 467 g/mol. The zero-order valence-corrected chi connectivity index (χ0v) is 21.8. The lowest BCUT2D eigenvalue weighted by Gasteiger charge is -2.55. The number of ketones is 1. The normalized spacial score (nSPS) is 17.4. The summed E-state index contributed by atoms with van der Waals surface area (Å²) in [6.45, 7) is 14.8. The number of carbonyl (C=O) groups excluding carboxylic acids is 1. The van der Waals surface area contributed by atoms with E-state index >= 15 is 0 Å². The summed E-state index contributed by atoms with van der Waals surface area (Å²) in [5, 5.41) is 6.75. The molecule has 186 valence electrons. The molecular weight excluding hydrogens is 424 g/mol. The van der Waals surface area contributed by atoms with E-state index < -0.39 is 0 Å². The maximum absolute atomic E-state index is 13.3. The van der Waals surface area contributed by atoms with Crippen LogP contribution in [0.3, 0.4) is 0 Å². The second-order valence-electron chi connectivity index (χ2n) is 10.6. The molecule has 0 saturated carbocycles. The smallest absolute Gasteiger partial charge is 0.232 e. The van der Waals surface area contributed by atoms with Gasteiger partial charge in [-0.15, -0.1) is 0 Å². The first kappa shape index (κ1) is 25.9. The number of rotatable bonds is 11. The van der Waals surface area contributed by atoms with Crippen molar-refractivity contribution < 1.29 is 4.79 Å². The Labute approximate surface area is 205 Å². The van der Waals surface area contributed by atoms with Crippen LogP contribution in [-0.4, -0.2) is 44.9 Å². The molecule has 34 heavy (non-hydrogen) atoms. The van der Waals surface area contributed by atoms with E-state index in [9.17, 15) is 4.79 Å². The van der Waals surface area contributed by atoms with Crippen LogP contribution in [0.5, 0.6) is 0 Å². The van der Waals surface area contributed by atoms with Gasteiger partial charge in [-0.3, -0.25) is 4.79 Å². The van der Waals surface area contributed by atoms with E-state index in [1.807, 2.05) is 30.3 Å². The van der Waals surface area contributed by atoms with Crippen molar-refractivity contribution in [3.8, 4) is 0 Å². The van der Waals surface area contributed by atoms with Gasteiger partial charge in [0.15, 0.2) is 5.78 Å². The number of unbranched alkanes of at least 4 members (excludes halogenated alkanes) is 2. The minimum absolute atomic E-state index is 0.0465. The van der Waals surface area contributed by atoms with Crippen LogP contribution in [0.25, 0.3) is 0 Å². The van der Waals surface area contributed by atoms with Gasteiger partial charge in [0.25, 0.3) is 0 Å². The Balaban J connectivity index is 1.91. The predicted molar refractivity (Wildman–Crippen MR) is 141 cm³/mol. The van der Waals surface area contributed by atoms with E-state index in [0.717, 1.165) is 57.2 Å². The summed E-state index contributed by atoms with van der Waals surface area (Å²) >= 11 is 0. The van der Waals surface area contributed by atoms with Crippen LogP contribution in [0.2, 0.25) is 0 Å². The molecule has 7 heteroatoms. The number of anilines is 3. The maximum Gasteiger partial charge on any atom is 0.232 e. The third kappa shape index (κ3) is 6.24. The molecule has 1 saturated heterocycles.